The summed E-state index contributed by atoms with van der Waals surface area (Å²) in [7, 11) is 0. The third-order valence-electron chi connectivity index (χ3n) is 2.18. The average Bonchev–Trinajstić information content (AvgIpc) is 2.41. The number of hydrogen-bond acceptors (Lipinski definition) is 4. The molecule has 102 valence electrons. The molecule has 0 saturated carbocycles. The number of hydrogen-bond donors (Lipinski definition) is 1. The SMILES string of the molecule is CC(C)Cc1cc(N)n(CC(=O)OC(C)(C)C)n1. The Bertz CT molecular complexity index is 416. The second-order valence-corrected chi connectivity index (χ2v) is 5.90. The smallest absolute Gasteiger partial charge is 0.328 e. The second-order valence-electron chi connectivity index (χ2n) is 5.90. The second kappa shape index (κ2) is 5.42. The van der Waals surface area contributed by atoms with Crippen LogP contribution in [-0.4, -0.2) is 21.4 Å². The summed E-state index contributed by atoms with van der Waals surface area (Å²) in [5.74, 6) is 0.680. The molecule has 0 atom stereocenters. The van der Waals surface area contributed by atoms with E-state index in [2.05, 4.69) is 18.9 Å². The number of ether oxygens (including phenoxy) is 1. The zero-order valence-corrected chi connectivity index (χ0v) is 11.9. The van der Waals surface area contributed by atoms with Crippen molar-refractivity contribution in [2.24, 2.45) is 5.92 Å². The summed E-state index contributed by atoms with van der Waals surface area (Å²) in [5, 5.41) is 4.31. The van der Waals surface area contributed by atoms with Gasteiger partial charge >= 0.3 is 5.97 Å². The van der Waals surface area contributed by atoms with Crippen LogP contribution in [0.1, 0.15) is 40.3 Å². The Balaban J connectivity index is 2.67. The molecule has 18 heavy (non-hydrogen) atoms. The van der Waals surface area contributed by atoms with E-state index in [1.807, 2.05) is 26.8 Å². The molecule has 0 fully saturated rings. The fourth-order valence-corrected chi connectivity index (χ4v) is 1.63. The molecule has 0 saturated heterocycles. The Hall–Kier alpha value is -1.52. The lowest BCUT2D eigenvalue weighted by Crippen LogP contribution is -2.27. The summed E-state index contributed by atoms with van der Waals surface area (Å²) in [5.41, 5.74) is 6.24. The van der Waals surface area contributed by atoms with E-state index in [1.54, 1.807) is 0 Å². The average molecular weight is 253 g/mol. The maximum atomic E-state index is 11.7. The molecule has 5 nitrogen and oxygen atoms in total. The molecule has 0 radical (unpaired) electrons. The molecule has 0 amide bonds. The molecule has 0 aliphatic heterocycles. The fraction of sp³-hybridized carbons (Fsp3) is 0.692. The highest BCUT2D eigenvalue weighted by Gasteiger charge is 2.18. The molecule has 0 aliphatic carbocycles. The van der Waals surface area contributed by atoms with Gasteiger partial charge in [0.15, 0.2) is 0 Å². The van der Waals surface area contributed by atoms with Crippen molar-refractivity contribution in [2.75, 3.05) is 5.73 Å². The summed E-state index contributed by atoms with van der Waals surface area (Å²) < 4.78 is 6.72. The van der Waals surface area contributed by atoms with Crippen molar-refractivity contribution in [3.8, 4) is 0 Å². The molecular formula is C13H23N3O2. The zero-order valence-electron chi connectivity index (χ0n) is 11.9. The number of nitrogens with two attached hydrogens (primary N) is 1. The first-order valence-electron chi connectivity index (χ1n) is 6.21. The first kappa shape index (κ1) is 14.5. The molecule has 1 heterocycles. The van der Waals surface area contributed by atoms with Gasteiger partial charge in [-0.05, 0) is 33.1 Å². The minimum Gasteiger partial charge on any atom is -0.459 e. The van der Waals surface area contributed by atoms with Gasteiger partial charge < -0.3 is 10.5 Å². The largest absolute Gasteiger partial charge is 0.459 e. The number of nitrogens with zero attached hydrogens (tertiary/aromatic N) is 2. The summed E-state index contributed by atoms with van der Waals surface area (Å²) in [4.78, 5) is 11.7. The standard InChI is InChI=1S/C13H23N3O2/c1-9(2)6-10-7-11(14)16(15-10)8-12(17)18-13(3,4)5/h7,9H,6,8,14H2,1-5H3. The zero-order chi connectivity index (χ0) is 13.9. The van der Waals surface area contributed by atoms with Crippen molar-refractivity contribution in [3.05, 3.63) is 11.8 Å². The van der Waals surface area contributed by atoms with E-state index in [4.69, 9.17) is 10.5 Å². The molecule has 0 aliphatic rings. The normalized spacial score (nSPS) is 11.9. The van der Waals surface area contributed by atoms with E-state index in [0.29, 0.717) is 11.7 Å². The maximum absolute atomic E-state index is 11.7. The monoisotopic (exact) mass is 253 g/mol. The van der Waals surface area contributed by atoms with Crippen LogP contribution in [0.4, 0.5) is 5.82 Å². The van der Waals surface area contributed by atoms with Gasteiger partial charge in [-0.3, -0.25) is 4.79 Å². The van der Waals surface area contributed by atoms with Gasteiger partial charge in [-0.25, -0.2) is 4.68 Å². The topological polar surface area (TPSA) is 70.1 Å². The number of anilines is 1. The number of rotatable bonds is 4. The Kier molecular flexibility index (Phi) is 4.38. The fourth-order valence-electron chi connectivity index (χ4n) is 1.63. The van der Waals surface area contributed by atoms with Crippen LogP contribution in [0.15, 0.2) is 6.07 Å². The Morgan fingerprint density at radius 2 is 2.11 bits per heavy atom. The van der Waals surface area contributed by atoms with Gasteiger partial charge in [-0.15, -0.1) is 0 Å². The predicted molar refractivity (Wildman–Crippen MR) is 71.0 cm³/mol. The number of carbonyl (C=O) groups excluding carboxylic acids is 1. The van der Waals surface area contributed by atoms with E-state index in [-0.39, 0.29) is 12.5 Å². The van der Waals surface area contributed by atoms with Crippen molar-refractivity contribution < 1.29 is 9.53 Å². The Morgan fingerprint density at radius 1 is 1.50 bits per heavy atom. The molecule has 0 spiro atoms. The van der Waals surface area contributed by atoms with Crippen LogP contribution < -0.4 is 5.73 Å². The van der Waals surface area contributed by atoms with Crippen LogP contribution >= 0.6 is 0 Å². The van der Waals surface area contributed by atoms with Gasteiger partial charge in [0.25, 0.3) is 0 Å². The molecule has 0 aromatic carbocycles. The van der Waals surface area contributed by atoms with Crippen LogP contribution in [0.3, 0.4) is 0 Å². The molecule has 1 aromatic heterocycles. The highest BCUT2D eigenvalue weighted by Crippen LogP contribution is 2.13. The van der Waals surface area contributed by atoms with E-state index >= 15 is 0 Å². The summed E-state index contributed by atoms with van der Waals surface area (Å²) >= 11 is 0. The van der Waals surface area contributed by atoms with Crippen LogP contribution in [0, 0.1) is 5.92 Å². The van der Waals surface area contributed by atoms with Crippen molar-refractivity contribution in [3.63, 3.8) is 0 Å². The molecule has 2 N–H and O–H groups in total. The minimum absolute atomic E-state index is 0.0567. The van der Waals surface area contributed by atoms with Gasteiger partial charge in [0.2, 0.25) is 0 Å². The highest BCUT2D eigenvalue weighted by atomic mass is 16.6. The molecule has 1 aromatic rings. The third-order valence-corrected chi connectivity index (χ3v) is 2.18. The van der Waals surface area contributed by atoms with Crippen LogP contribution in [-0.2, 0) is 22.5 Å². The molecule has 0 bridgehead atoms. The van der Waals surface area contributed by atoms with Gasteiger partial charge in [-0.2, -0.15) is 5.10 Å². The highest BCUT2D eigenvalue weighted by molar-refractivity contribution is 5.70. The van der Waals surface area contributed by atoms with E-state index in [1.165, 1.54) is 4.68 Å². The summed E-state index contributed by atoms with van der Waals surface area (Å²) in [6.07, 6.45) is 0.853. The van der Waals surface area contributed by atoms with Crippen molar-refractivity contribution in [1.82, 2.24) is 9.78 Å². The first-order chi connectivity index (χ1) is 8.17. The number of esters is 1. The maximum Gasteiger partial charge on any atom is 0.328 e. The van der Waals surface area contributed by atoms with E-state index in [0.717, 1.165) is 12.1 Å². The lowest BCUT2D eigenvalue weighted by molar-refractivity contribution is -0.155. The molecule has 5 heteroatoms. The van der Waals surface area contributed by atoms with E-state index in [9.17, 15) is 4.79 Å². The lowest BCUT2D eigenvalue weighted by Gasteiger charge is -2.19. The Labute approximate surface area is 108 Å². The summed E-state index contributed by atoms with van der Waals surface area (Å²) in [6.45, 7) is 9.79. The molecule has 1 rings (SSSR count). The van der Waals surface area contributed by atoms with Crippen molar-refractivity contribution in [1.29, 1.82) is 0 Å². The van der Waals surface area contributed by atoms with Crippen LogP contribution in [0.2, 0.25) is 0 Å². The summed E-state index contributed by atoms with van der Waals surface area (Å²) in [6, 6.07) is 1.81. The van der Waals surface area contributed by atoms with Gasteiger partial charge in [0.05, 0.1) is 5.69 Å². The molecule has 0 unspecified atom stereocenters. The third kappa shape index (κ3) is 4.77. The van der Waals surface area contributed by atoms with Crippen LogP contribution in [0.5, 0.6) is 0 Å². The lowest BCUT2D eigenvalue weighted by atomic mass is 10.1. The van der Waals surface area contributed by atoms with Gasteiger partial charge in [-0.1, -0.05) is 13.8 Å². The molecular weight excluding hydrogens is 230 g/mol. The number of aromatic nitrogens is 2. The van der Waals surface area contributed by atoms with Crippen molar-refractivity contribution >= 4 is 11.8 Å². The van der Waals surface area contributed by atoms with Gasteiger partial charge in [0, 0.05) is 6.07 Å². The predicted octanol–water partition coefficient (Wildman–Crippen LogP) is 2.01. The quantitative estimate of drug-likeness (QED) is 0.833. The van der Waals surface area contributed by atoms with E-state index < -0.39 is 5.60 Å². The number of nitrogen functional groups attached to an aromatic ring is 1. The van der Waals surface area contributed by atoms with Crippen molar-refractivity contribution in [2.45, 2.75) is 53.2 Å². The number of carbonyl (C=O) groups is 1. The minimum atomic E-state index is -0.486. The van der Waals surface area contributed by atoms with Gasteiger partial charge in [0.1, 0.15) is 18.0 Å². The van der Waals surface area contributed by atoms with Crippen LogP contribution in [0.25, 0.3) is 0 Å². The first-order valence-corrected chi connectivity index (χ1v) is 6.21. The Morgan fingerprint density at radius 3 is 2.61 bits per heavy atom.